The Hall–Kier alpha value is -0.740. The van der Waals surface area contributed by atoms with Crippen LogP contribution in [-0.2, 0) is 0 Å². The largest absolute Gasteiger partial charge is 0.313 e. The highest BCUT2D eigenvalue weighted by Gasteiger charge is 2.06. The molecule has 0 aromatic carbocycles. The summed E-state index contributed by atoms with van der Waals surface area (Å²) in [4.78, 5) is 15.9. The van der Waals surface area contributed by atoms with Crippen molar-refractivity contribution in [2.24, 2.45) is 0 Å². The highest BCUT2D eigenvalue weighted by molar-refractivity contribution is 7.13. The van der Waals surface area contributed by atoms with Crippen molar-refractivity contribution in [3.05, 3.63) is 16.1 Å². The minimum Gasteiger partial charge on any atom is -0.313 e. The number of likely N-dealkylation sites (N-methyl/N-ethyl adjacent to an activating group) is 1. The van der Waals surface area contributed by atoms with Gasteiger partial charge in [-0.15, -0.1) is 11.3 Å². The van der Waals surface area contributed by atoms with E-state index < -0.39 is 0 Å². The first-order chi connectivity index (χ1) is 5.24. The van der Waals surface area contributed by atoms with E-state index in [-0.39, 0.29) is 5.78 Å². The number of carbonyl (C=O) groups excluding carboxylic acids is 1. The van der Waals surface area contributed by atoms with E-state index in [1.165, 1.54) is 11.3 Å². The van der Waals surface area contributed by atoms with Crippen LogP contribution in [-0.4, -0.2) is 24.4 Å². The topological polar surface area (TPSA) is 42.0 Å². The van der Waals surface area contributed by atoms with Gasteiger partial charge in [0.2, 0.25) is 0 Å². The van der Waals surface area contributed by atoms with E-state index in [4.69, 9.17) is 0 Å². The molecule has 0 aliphatic heterocycles. The second-order valence-corrected chi connectivity index (χ2v) is 3.43. The van der Waals surface area contributed by atoms with Crippen LogP contribution in [0, 0.1) is 6.92 Å². The van der Waals surface area contributed by atoms with E-state index >= 15 is 0 Å². The van der Waals surface area contributed by atoms with Crippen LogP contribution in [0.4, 0.5) is 0 Å². The Morgan fingerprint density at radius 1 is 1.82 bits per heavy atom. The monoisotopic (exact) mass is 170 g/mol. The van der Waals surface area contributed by atoms with E-state index in [1.807, 2.05) is 6.92 Å². The van der Waals surface area contributed by atoms with Gasteiger partial charge in [0.25, 0.3) is 0 Å². The molecule has 0 unspecified atom stereocenters. The Balaban J connectivity index is 2.69. The van der Waals surface area contributed by atoms with Gasteiger partial charge < -0.3 is 5.32 Å². The molecule has 60 valence electrons. The quantitative estimate of drug-likeness (QED) is 0.684. The van der Waals surface area contributed by atoms with Crippen LogP contribution in [0.1, 0.15) is 14.7 Å². The Morgan fingerprint density at radius 2 is 2.55 bits per heavy atom. The SMILES string of the molecule is CNCC(=O)c1cnc(C)s1. The molecule has 1 aromatic rings. The van der Waals surface area contributed by atoms with Crippen molar-refractivity contribution in [3.8, 4) is 0 Å². The Kier molecular flexibility index (Phi) is 2.73. The number of hydrogen-bond donors (Lipinski definition) is 1. The number of thiazole rings is 1. The van der Waals surface area contributed by atoms with Crippen molar-refractivity contribution in [1.82, 2.24) is 10.3 Å². The first-order valence-electron chi connectivity index (χ1n) is 3.34. The normalized spacial score (nSPS) is 10.0. The highest BCUT2D eigenvalue weighted by Crippen LogP contribution is 2.11. The molecule has 0 fully saturated rings. The maximum absolute atomic E-state index is 11.2. The first-order valence-corrected chi connectivity index (χ1v) is 4.16. The van der Waals surface area contributed by atoms with Gasteiger partial charge in [0.1, 0.15) is 0 Å². The molecule has 3 nitrogen and oxygen atoms in total. The molecule has 4 heteroatoms. The van der Waals surface area contributed by atoms with E-state index in [9.17, 15) is 4.79 Å². The summed E-state index contributed by atoms with van der Waals surface area (Å²) in [6.45, 7) is 2.28. The first kappa shape index (κ1) is 8.36. The fourth-order valence-corrected chi connectivity index (χ4v) is 1.45. The van der Waals surface area contributed by atoms with Crippen LogP contribution in [0.25, 0.3) is 0 Å². The fraction of sp³-hybridized carbons (Fsp3) is 0.429. The molecule has 0 aliphatic rings. The van der Waals surface area contributed by atoms with Gasteiger partial charge in [-0.1, -0.05) is 0 Å². The summed E-state index contributed by atoms with van der Waals surface area (Å²) in [5, 5.41) is 3.74. The van der Waals surface area contributed by atoms with Gasteiger partial charge in [0, 0.05) is 6.20 Å². The number of aromatic nitrogens is 1. The smallest absolute Gasteiger partial charge is 0.188 e. The van der Waals surface area contributed by atoms with Crippen LogP contribution in [0.2, 0.25) is 0 Å². The lowest BCUT2D eigenvalue weighted by Gasteiger charge is -1.92. The predicted molar refractivity (Wildman–Crippen MR) is 45.1 cm³/mol. The molecule has 1 rings (SSSR count). The van der Waals surface area contributed by atoms with Crippen molar-refractivity contribution in [2.75, 3.05) is 13.6 Å². The van der Waals surface area contributed by atoms with E-state index in [0.29, 0.717) is 6.54 Å². The van der Waals surface area contributed by atoms with Crippen LogP contribution in [0.3, 0.4) is 0 Å². The molecule has 0 aliphatic carbocycles. The Bertz CT molecular complexity index is 257. The number of Topliss-reactive ketones (excluding diaryl/α,β-unsaturated/α-hetero) is 1. The van der Waals surface area contributed by atoms with Crippen LogP contribution in [0.15, 0.2) is 6.20 Å². The number of aryl methyl sites for hydroxylation is 1. The third-order valence-electron chi connectivity index (χ3n) is 1.23. The average molecular weight is 170 g/mol. The molecule has 11 heavy (non-hydrogen) atoms. The number of carbonyl (C=O) groups is 1. The minimum absolute atomic E-state index is 0.109. The molecule has 0 radical (unpaired) electrons. The van der Waals surface area contributed by atoms with Crippen molar-refractivity contribution in [3.63, 3.8) is 0 Å². The third-order valence-corrected chi connectivity index (χ3v) is 2.19. The van der Waals surface area contributed by atoms with Crippen molar-refractivity contribution < 1.29 is 4.79 Å². The zero-order valence-corrected chi connectivity index (χ0v) is 7.36. The van der Waals surface area contributed by atoms with Crippen molar-refractivity contribution >= 4 is 17.1 Å². The second-order valence-electron chi connectivity index (χ2n) is 2.20. The lowest BCUT2D eigenvalue weighted by Crippen LogP contribution is -2.17. The van der Waals surface area contributed by atoms with Crippen LogP contribution < -0.4 is 5.32 Å². The van der Waals surface area contributed by atoms with Gasteiger partial charge in [-0.2, -0.15) is 0 Å². The molecule has 0 bridgehead atoms. The summed E-state index contributed by atoms with van der Waals surface area (Å²) in [5.74, 6) is 0.109. The fourth-order valence-electron chi connectivity index (χ4n) is 0.738. The van der Waals surface area contributed by atoms with Gasteiger partial charge in [0.05, 0.1) is 16.4 Å². The van der Waals surface area contributed by atoms with Crippen LogP contribution in [0.5, 0.6) is 0 Å². The number of rotatable bonds is 3. The van der Waals surface area contributed by atoms with E-state index in [1.54, 1.807) is 13.2 Å². The lowest BCUT2D eigenvalue weighted by molar-refractivity contribution is 0.0997. The maximum Gasteiger partial charge on any atom is 0.188 e. The summed E-state index contributed by atoms with van der Waals surface area (Å²) in [6, 6.07) is 0. The third kappa shape index (κ3) is 2.10. The molecule has 1 N–H and O–H groups in total. The average Bonchev–Trinajstić information content (AvgIpc) is 2.36. The Labute approximate surface area is 69.5 Å². The van der Waals surface area contributed by atoms with E-state index in [2.05, 4.69) is 10.3 Å². The number of hydrogen-bond acceptors (Lipinski definition) is 4. The number of nitrogens with zero attached hydrogens (tertiary/aromatic N) is 1. The summed E-state index contributed by atoms with van der Waals surface area (Å²) in [7, 11) is 1.76. The molecule has 0 amide bonds. The summed E-state index contributed by atoms with van der Waals surface area (Å²) in [6.07, 6.45) is 1.62. The predicted octanol–water partition coefficient (Wildman–Crippen LogP) is 0.854. The molecule has 1 heterocycles. The van der Waals surface area contributed by atoms with Gasteiger partial charge in [0.15, 0.2) is 5.78 Å². The molecule has 1 aromatic heterocycles. The number of nitrogens with one attached hydrogen (secondary N) is 1. The molecule has 0 saturated heterocycles. The lowest BCUT2D eigenvalue weighted by atomic mass is 10.3. The molecular formula is C7H10N2OS. The number of ketones is 1. The molecular weight excluding hydrogens is 160 g/mol. The summed E-state index contributed by atoms with van der Waals surface area (Å²) < 4.78 is 0. The van der Waals surface area contributed by atoms with Crippen molar-refractivity contribution in [1.29, 1.82) is 0 Å². The highest BCUT2D eigenvalue weighted by atomic mass is 32.1. The Morgan fingerprint density at radius 3 is 3.00 bits per heavy atom. The van der Waals surface area contributed by atoms with Crippen LogP contribution >= 0.6 is 11.3 Å². The minimum atomic E-state index is 0.109. The van der Waals surface area contributed by atoms with Crippen molar-refractivity contribution in [2.45, 2.75) is 6.92 Å². The summed E-state index contributed by atoms with van der Waals surface area (Å²) >= 11 is 1.44. The molecule has 0 atom stereocenters. The zero-order valence-electron chi connectivity index (χ0n) is 6.55. The summed E-state index contributed by atoms with van der Waals surface area (Å²) in [5.41, 5.74) is 0. The van der Waals surface area contributed by atoms with Gasteiger partial charge >= 0.3 is 0 Å². The van der Waals surface area contributed by atoms with Gasteiger partial charge in [-0.3, -0.25) is 4.79 Å². The molecule has 0 saturated carbocycles. The van der Waals surface area contributed by atoms with Gasteiger partial charge in [-0.25, -0.2) is 4.98 Å². The standard InChI is InChI=1S/C7H10N2OS/c1-5-9-4-7(11-5)6(10)3-8-2/h4,8H,3H2,1-2H3. The van der Waals surface area contributed by atoms with Gasteiger partial charge in [-0.05, 0) is 14.0 Å². The zero-order chi connectivity index (χ0) is 8.27. The maximum atomic E-state index is 11.2. The molecule has 0 spiro atoms. The van der Waals surface area contributed by atoms with E-state index in [0.717, 1.165) is 9.88 Å². The second kappa shape index (κ2) is 3.59.